The van der Waals surface area contributed by atoms with Gasteiger partial charge in [0, 0.05) is 37.8 Å². The molecule has 1 aromatic rings. The number of hydrogen-bond donors (Lipinski definition) is 1. The number of furan rings is 1. The predicted molar refractivity (Wildman–Crippen MR) is 64.2 cm³/mol. The normalized spacial score (nSPS) is 25.8. The van der Waals surface area contributed by atoms with Crippen LogP contribution >= 0.6 is 0 Å². The quantitative estimate of drug-likeness (QED) is 0.827. The molecular weight excluding hydrogens is 202 g/mol. The summed E-state index contributed by atoms with van der Waals surface area (Å²) < 4.78 is 5.14. The Morgan fingerprint density at radius 1 is 1.56 bits per heavy atom. The summed E-state index contributed by atoms with van der Waals surface area (Å²) in [5.74, 6) is 0. The molecule has 1 aliphatic heterocycles. The summed E-state index contributed by atoms with van der Waals surface area (Å²) in [6.07, 6.45) is 3.53. The van der Waals surface area contributed by atoms with Crippen molar-refractivity contribution in [2.45, 2.75) is 19.0 Å². The molecule has 1 saturated heterocycles. The molecule has 0 amide bonds. The summed E-state index contributed by atoms with van der Waals surface area (Å²) in [5.41, 5.74) is 7.07. The number of rotatable bonds is 3. The molecule has 2 rings (SSSR count). The molecule has 4 nitrogen and oxygen atoms in total. The number of nitrogens with zero attached hydrogens (tertiary/aromatic N) is 2. The second-order valence-corrected chi connectivity index (χ2v) is 4.63. The fraction of sp³-hybridized carbons (Fsp3) is 0.667. The first-order valence-corrected chi connectivity index (χ1v) is 5.89. The largest absolute Gasteiger partial charge is 0.472 e. The summed E-state index contributed by atoms with van der Waals surface area (Å²) in [6.45, 7) is 6.16. The van der Waals surface area contributed by atoms with Crippen molar-refractivity contribution in [3.8, 4) is 0 Å². The lowest BCUT2D eigenvalue weighted by Gasteiger charge is -2.41. The Labute approximate surface area is 97.0 Å². The van der Waals surface area contributed by atoms with Crippen LogP contribution in [0, 0.1) is 0 Å². The Hall–Kier alpha value is -0.840. The van der Waals surface area contributed by atoms with E-state index in [1.807, 2.05) is 6.07 Å². The Balaban J connectivity index is 2.05. The first-order chi connectivity index (χ1) is 7.72. The van der Waals surface area contributed by atoms with Crippen molar-refractivity contribution in [3.63, 3.8) is 0 Å². The molecule has 2 atom stereocenters. The number of piperazine rings is 1. The van der Waals surface area contributed by atoms with Crippen LogP contribution in [0.25, 0.3) is 0 Å². The van der Waals surface area contributed by atoms with E-state index in [0.717, 1.165) is 19.6 Å². The molecule has 2 heterocycles. The molecule has 1 aromatic heterocycles. The lowest BCUT2D eigenvalue weighted by Crippen LogP contribution is -2.52. The third-order valence-electron chi connectivity index (χ3n) is 3.58. The van der Waals surface area contributed by atoms with E-state index < -0.39 is 0 Å². The zero-order valence-electron chi connectivity index (χ0n) is 10.1. The highest BCUT2D eigenvalue weighted by molar-refractivity contribution is 5.12. The lowest BCUT2D eigenvalue weighted by molar-refractivity contribution is 0.0739. The highest BCUT2D eigenvalue weighted by atomic mass is 16.3. The van der Waals surface area contributed by atoms with Gasteiger partial charge in [0.25, 0.3) is 0 Å². The van der Waals surface area contributed by atoms with Crippen LogP contribution in [-0.4, -0.2) is 49.1 Å². The molecule has 1 fully saturated rings. The Morgan fingerprint density at radius 3 is 2.94 bits per heavy atom. The SMILES string of the molecule is CC1CN(C(CN)c2ccoc2)CCN1C. The van der Waals surface area contributed by atoms with Crippen molar-refractivity contribution in [3.05, 3.63) is 24.2 Å². The van der Waals surface area contributed by atoms with Crippen molar-refractivity contribution in [2.24, 2.45) is 5.73 Å². The summed E-state index contributed by atoms with van der Waals surface area (Å²) in [7, 11) is 2.18. The van der Waals surface area contributed by atoms with Gasteiger partial charge in [0.05, 0.1) is 18.6 Å². The molecule has 0 aliphatic carbocycles. The van der Waals surface area contributed by atoms with Gasteiger partial charge in [-0.15, -0.1) is 0 Å². The van der Waals surface area contributed by atoms with Gasteiger partial charge in [-0.3, -0.25) is 4.90 Å². The fourth-order valence-corrected chi connectivity index (χ4v) is 2.32. The molecule has 90 valence electrons. The van der Waals surface area contributed by atoms with Crippen LogP contribution < -0.4 is 5.73 Å². The van der Waals surface area contributed by atoms with Gasteiger partial charge in [0.2, 0.25) is 0 Å². The van der Waals surface area contributed by atoms with Gasteiger partial charge in [-0.2, -0.15) is 0 Å². The Morgan fingerprint density at radius 2 is 2.38 bits per heavy atom. The van der Waals surface area contributed by atoms with E-state index in [4.69, 9.17) is 10.2 Å². The summed E-state index contributed by atoms with van der Waals surface area (Å²) in [5, 5.41) is 0. The molecule has 0 bridgehead atoms. The maximum atomic E-state index is 5.88. The van der Waals surface area contributed by atoms with Gasteiger partial charge in [0.1, 0.15) is 0 Å². The third-order valence-corrected chi connectivity index (χ3v) is 3.58. The van der Waals surface area contributed by atoms with Crippen LogP contribution in [0.1, 0.15) is 18.5 Å². The van der Waals surface area contributed by atoms with Gasteiger partial charge >= 0.3 is 0 Å². The van der Waals surface area contributed by atoms with Crippen LogP contribution in [0.5, 0.6) is 0 Å². The third kappa shape index (κ3) is 2.29. The van der Waals surface area contributed by atoms with Crippen molar-refractivity contribution in [1.29, 1.82) is 0 Å². The zero-order valence-corrected chi connectivity index (χ0v) is 10.1. The topological polar surface area (TPSA) is 45.6 Å². The minimum Gasteiger partial charge on any atom is -0.472 e. The summed E-state index contributed by atoms with van der Waals surface area (Å²) >= 11 is 0. The van der Waals surface area contributed by atoms with Gasteiger partial charge in [-0.25, -0.2) is 0 Å². The van der Waals surface area contributed by atoms with E-state index in [2.05, 4.69) is 23.8 Å². The van der Waals surface area contributed by atoms with Gasteiger partial charge in [-0.1, -0.05) is 0 Å². The molecule has 1 aliphatic rings. The Kier molecular flexibility index (Phi) is 3.63. The maximum absolute atomic E-state index is 5.88. The standard InChI is InChI=1S/C12H21N3O/c1-10-8-15(5-4-14(10)2)12(7-13)11-3-6-16-9-11/h3,6,9-10,12H,4-5,7-8,13H2,1-2H3. The van der Waals surface area contributed by atoms with Crippen molar-refractivity contribution < 1.29 is 4.42 Å². The van der Waals surface area contributed by atoms with E-state index in [1.54, 1.807) is 12.5 Å². The number of likely N-dealkylation sites (N-methyl/N-ethyl adjacent to an activating group) is 1. The molecule has 16 heavy (non-hydrogen) atoms. The van der Waals surface area contributed by atoms with Crippen LogP contribution in [-0.2, 0) is 0 Å². The first-order valence-electron chi connectivity index (χ1n) is 5.89. The molecule has 0 radical (unpaired) electrons. The minimum atomic E-state index is 0.301. The van der Waals surface area contributed by atoms with E-state index in [-0.39, 0.29) is 0 Å². The molecule has 0 saturated carbocycles. The van der Waals surface area contributed by atoms with Crippen molar-refractivity contribution in [1.82, 2.24) is 9.80 Å². The fourth-order valence-electron chi connectivity index (χ4n) is 2.32. The van der Waals surface area contributed by atoms with Crippen LogP contribution in [0.15, 0.2) is 23.0 Å². The molecule has 2 unspecified atom stereocenters. The average Bonchev–Trinajstić information content (AvgIpc) is 2.78. The van der Waals surface area contributed by atoms with E-state index in [9.17, 15) is 0 Å². The van der Waals surface area contributed by atoms with Gasteiger partial charge in [0.15, 0.2) is 0 Å². The lowest BCUT2D eigenvalue weighted by atomic mass is 10.1. The molecule has 4 heteroatoms. The second-order valence-electron chi connectivity index (χ2n) is 4.63. The zero-order chi connectivity index (χ0) is 11.5. The van der Waals surface area contributed by atoms with Crippen molar-refractivity contribution in [2.75, 3.05) is 33.2 Å². The second kappa shape index (κ2) is 4.99. The highest BCUT2D eigenvalue weighted by Crippen LogP contribution is 2.22. The molecular formula is C12H21N3O. The van der Waals surface area contributed by atoms with Crippen LogP contribution in [0.3, 0.4) is 0 Å². The monoisotopic (exact) mass is 223 g/mol. The van der Waals surface area contributed by atoms with E-state index in [0.29, 0.717) is 18.6 Å². The highest BCUT2D eigenvalue weighted by Gasteiger charge is 2.27. The molecule has 2 N–H and O–H groups in total. The summed E-state index contributed by atoms with van der Waals surface area (Å²) in [6, 6.07) is 2.91. The number of nitrogens with two attached hydrogens (primary N) is 1. The van der Waals surface area contributed by atoms with E-state index in [1.165, 1.54) is 5.56 Å². The van der Waals surface area contributed by atoms with Crippen LogP contribution in [0.2, 0.25) is 0 Å². The first kappa shape index (κ1) is 11.6. The van der Waals surface area contributed by atoms with E-state index >= 15 is 0 Å². The molecule has 0 aromatic carbocycles. The van der Waals surface area contributed by atoms with Gasteiger partial charge < -0.3 is 15.1 Å². The summed E-state index contributed by atoms with van der Waals surface area (Å²) in [4.78, 5) is 4.84. The predicted octanol–water partition coefficient (Wildman–Crippen LogP) is 0.915. The smallest absolute Gasteiger partial charge is 0.0950 e. The van der Waals surface area contributed by atoms with Crippen LogP contribution in [0.4, 0.5) is 0 Å². The number of hydrogen-bond acceptors (Lipinski definition) is 4. The Bertz CT molecular complexity index is 312. The minimum absolute atomic E-state index is 0.301. The van der Waals surface area contributed by atoms with Crippen molar-refractivity contribution >= 4 is 0 Å². The molecule has 0 spiro atoms. The van der Waals surface area contributed by atoms with Gasteiger partial charge in [-0.05, 0) is 20.0 Å². The average molecular weight is 223 g/mol. The maximum Gasteiger partial charge on any atom is 0.0950 e.